The highest BCUT2D eigenvalue weighted by atomic mass is 16.6. The molecule has 8 nitrogen and oxygen atoms in total. The Labute approximate surface area is 173 Å². The number of fused-ring (bicyclic) bond motifs is 5. The molecule has 0 radical (unpaired) electrons. The zero-order valence-electron chi connectivity index (χ0n) is 16.6. The van der Waals surface area contributed by atoms with Crippen molar-refractivity contribution in [2.24, 2.45) is 0 Å². The molecule has 30 heavy (non-hydrogen) atoms. The van der Waals surface area contributed by atoms with Gasteiger partial charge in [0.1, 0.15) is 5.75 Å². The molecule has 2 aromatic carbocycles. The number of hydrogen-bond donors (Lipinski definition) is 4. The molecule has 2 aliphatic heterocycles. The molecule has 2 amide bonds. The predicted octanol–water partition coefficient (Wildman–Crippen LogP) is 2.06. The number of nitrogens with two attached hydrogens (primary N) is 1. The van der Waals surface area contributed by atoms with Crippen molar-refractivity contribution in [3.8, 4) is 5.75 Å². The number of Topliss-reactive ketones (excluding diaryl/α,β-unsaturated/α-hetero) is 1. The van der Waals surface area contributed by atoms with Gasteiger partial charge in [-0.25, -0.2) is 9.80 Å². The lowest BCUT2D eigenvalue weighted by molar-refractivity contribution is -0.169. The summed E-state index contributed by atoms with van der Waals surface area (Å²) >= 11 is 0. The average Bonchev–Trinajstić information content (AvgIpc) is 3.37. The number of nitrogen functional groups attached to an aromatic ring is 1. The molecule has 2 atom stereocenters. The molecule has 5 N–H and O–H groups in total. The largest absolute Gasteiger partial charge is 0.454 e. The maximum Gasteiger partial charge on any atom is 0.337 e. The Kier molecular flexibility index (Phi) is 3.70. The minimum absolute atomic E-state index is 0.159. The first-order chi connectivity index (χ1) is 14.3. The zero-order valence-corrected chi connectivity index (χ0v) is 16.6. The van der Waals surface area contributed by atoms with Crippen LogP contribution in [0.15, 0.2) is 48.7 Å². The van der Waals surface area contributed by atoms with Crippen molar-refractivity contribution in [3.05, 3.63) is 70.9 Å². The number of hydrazine groups is 1. The fraction of sp³-hybridized carbons (Fsp3) is 0.273. The molecule has 5 rings (SSSR count). The molecule has 2 heterocycles. The third-order valence-electron chi connectivity index (χ3n) is 6.05. The Morgan fingerprint density at radius 2 is 2.10 bits per heavy atom. The molecular formula is C22H22N4O4. The molecule has 0 fully saturated rings. The minimum atomic E-state index is -2.12. The van der Waals surface area contributed by atoms with E-state index >= 15 is 0 Å². The van der Waals surface area contributed by atoms with Gasteiger partial charge in [0, 0.05) is 23.0 Å². The fourth-order valence-electron chi connectivity index (χ4n) is 4.47. The van der Waals surface area contributed by atoms with Gasteiger partial charge in [-0.3, -0.25) is 4.79 Å². The first-order valence-electron chi connectivity index (χ1n) is 9.80. The number of rotatable bonds is 2. The van der Waals surface area contributed by atoms with Crippen LogP contribution in [-0.2, 0) is 11.3 Å². The lowest BCUT2D eigenvalue weighted by Crippen LogP contribution is -2.62. The first kappa shape index (κ1) is 18.5. The Balaban J connectivity index is 1.71. The van der Waals surface area contributed by atoms with Gasteiger partial charge in [0.25, 0.3) is 5.79 Å². The Morgan fingerprint density at radius 3 is 2.80 bits per heavy atom. The standard InChI is InChI=1S/C22H22N4O4/c1-12(2)13-7-8-14-17(11-13)30-22(29)15-5-3-6-16(23)18(15)19(27)21(14,22)25-20(28)26-10-4-9-24-26/h3-9,11-12,24,29H,10,23H2,1-2H3,(H,25,28). The highest BCUT2D eigenvalue weighted by molar-refractivity contribution is 6.15. The van der Waals surface area contributed by atoms with E-state index in [4.69, 9.17) is 10.5 Å². The van der Waals surface area contributed by atoms with Gasteiger partial charge in [-0.15, -0.1) is 0 Å². The number of ether oxygens (including phenoxy) is 1. The van der Waals surface area contributed by atoms with Crippen LogP contribution in [0.3, 0.4) is 0 Å². The normalized spacial score (nSPS) is 25.6. The summed E-state index contributed by atoms with van der Waals surface area (Å²) in [7, 11) is 0. The first-order valence-corrected chi connectivity index (χ1v) is 9.80. The van der Waals surface area contributed by atoms with E-state index < -0.39 is 23.1 Å². The second-order valence-corrected chi connectivity index (χ2v) is 8.08. The SMILES string of the molecule is CC(C)c1ccc2c(c1)OC1(O)c3cccc(N)c3C(=O)C21NC(=O)N1CC=CN1. The molecule has 0 saturated heterocycles. The van der Waals surface area contributed by atoms with Gasteiger partial charge in [-0.1, -0.05) is 38.1 Å². The maximum absolute atomic E-state index is 13.8. The second kappa shape index (κ2) is 5.99. The summed E-state index contributed by atoms with van der Waals surface area (Å²) in [5.74, 6) is -2.04. The van der Waals surface area contributed by atoms with Gasteiger partial charge in [0.05, 0.1) is 12.1 Å². The zero-order chi connectivity index (χ0) is 21.3. The van der Waals surface area contributed by atoms with Crippen LogP contribution in [0, 0.1) is 0 Å². The smallest absolute Gasteiger partial charge is 0.337 e. The van der Waals surface area contributed by atoms with E-state index in [-0.39, 0.29) is 22.7 Å². The van der Waals surface area contributed by atoms with Crippen molar-refractivity contribution >= 4 is 17.5 Å². The lowest BCUT2D eigenvalue weighted by Gasteiger charge is -2.35. The molecule has 0 spiro atoms. The molecule has 3 aliphatic rings. The average molecular weight is 406 g/mol. The third kappa shape index (κ3) is 2.14. The predicted molar refractivity (Wildman–Crippen MR) is 109 cm³/mol. The summed E-state index contributed by atoms with van der Waals surface area (Å²) in [6, 6.07) is 9.69. The van der Waals surface area contributed by atoms with Crippen LogP contribution in [0.2, 0.25) is 0 Å². The van der Waals surface area contributed by atoms with Crippen LogP contribution in [0.25, 0.3) is 0 Å². The van der Waals surface area contributed by atoms with Crippen LogP contribution >= 0.6 is 0 Å². The van der Waals surface area contributed by atoms with Crippen LogP contribution in [0.1, 0.15) is 46.8 Å². The number of carbonyl (C=O) groups excluding carboxylic acids is 2. The monoisotopic (exact) mass is 406 g/mol. The number of aliphatic hydroxyl groups is 1. The molecule has 2 unspecified atom stereocenters. The van der Waals surface area contributed by atoms with E-state index in [9.17, 15) is 14.7 Å². The molecular weight excluding hydrogens is 384 g/mol. The summed E-state index contributed by atoms with van der Waals surface area (Å²) in [6.07, 6.45) is 3.39. The van der Waals surface area contributed by atoms with Crippen molar-refractivity contribution in [2.45, 2.75) is 31.1 Å². The van der Waals surface area contributed by atoms with Crippen LogP contribution in [0.4, 0.5) is 10.5 Å². The van der Waals surface area contributed by atoms with E-state index in [2.05, 4.69) is 10.7 Å². The number of anilines is 1. The van der Waals surface area contributed by atoms with Crippen molar-refractivity contribution in [3.63, 3.8) is 0 Å². The Hall–Kier alpha value is -3.52. The summed E-state index contributed by atoms with van der Waals surface area (Å²) in [4.78, 5) is 26.8. The maximum atomic E-state index is 13.8. The summed E-state index contributed by atoms with van der Waals surface area (Å²) in [5, 5.41) is 15.9. The van der Waals surface area contributed by atoms with E-state index in [0.29, 0.717) is 17.9 Å². The molecule has 0 saturated carbocycles. The molecule has 154 valence electrons. The molecule has 2 aromatic rings. The fourth-order valence-corrected chi connectivity index (χ4v) is 4.47. The van der Waals surface area contributed by atoms with Crippen LogP contribution in [-0.4, -0.2) is 28.5 Å². The summed E-state index contributed by atoms with van der Waals surface area (Å²) < 4.78 is 6.04. The Morgan fingerprint density at radius 1 is 1.30 bits per heavy atom. The number of urea groups is 1. The summed E-state index contributed by atoms with van der Waals surface area (Å²) in [6.45, 7) is 4.40. The topological polar surface area (TPSA) is 117 Å². The summed E-state index contributed by atoms with van der Waals surface area (Å²) in [5.41, 5.74) is 9.04. The number of carbonyl (C=O) groups is 2. The van der Waals surface area contributed by atoms with Gasteiger partial charge in [-0.05, 0) is 29.7 Å². The molecule has 0 bridgehead atoms. The number of nitrogens with one attached hydrogen (secondary N) is 2. The highest BCUT2D eigenvalue weighted by Gasteiger charge is 2.72. The van der Waals surface area contributed by atoms with Crippen LogP contribution in [0.5, 0.6) is 5.75 Å². The van der Waals surface area contributed by atoms with Crippen molar-refractivity contribution < 1.29 is 19.4 Å². The van der Waals surface area contributed by atoms with Gasteiger partial charge in [0.2, 0.25) is 11.3 Å². The third-order valence-corrected chi connectivity index (χ3v) is 6.05. The molecule has 8 heteroatoms. The molecule has 1 aliphatic carbocycles. The van der Waals surface area contributed by atoms with Gasteiger partial charge >= 0.3 is 6.03 Å². The van der Waals surface area contributed by atoms with Gasteiger partial charge < -0.3 is 26.3 Å². The minimum Gasteiger partial charge on any atom is -0.454 e. The van der Waals surface area contributed by atoms with E-state index in [1.165, 1.54) is 5.01 Å². The molecule has 0 aromatic heterocycles. The highest BCUT2D eigenvalue weighted by Crippen LogP contribution is 2.59. The van der Waals surface area contributed by atoms with E-state index in [1.54, 1.807) is 42.6 Å². The quantitative estimate of drug-likeness (QED) is 0.567. The van der Waals surface area contributed by atoms with Gasteiger partial charge in [-0.2, -0.15) is 0 Å². The van der Waals surface area contributed by atoms with E-state index in [1.807, 2.05) is 19.9 Å². The Bertz CT molecular complexity index is 1120. The number of benzene rings is 2. The second-order valence-electron chi connectivity index (χ2n) is 8.08. The number of hydrogen-bond acceptors (Lipinski definition) is 6. The number of ketones is 1. The number of nitrogens with zero attached hydrogens (tertiary/aromatic N) is 1. The van der Waals surface area contributed by atoms with E-state index in [0.717, 1.165) is 5.56 Å². The van der Waals surface area contributed by atoms with Gasteiger partial charge in [0.15, 0.2) is 0 Å². The van der Waals surface area contributed by atoms with Crippen molar-refractivity contribution in [2.75, 3.05) is 12.3 Å². The van der Waals surface area contributed by atoms with Crippen molar-refractivity contribution in [1.29, 1.82) is 0 Å². The number of amides is 2. The van der Waals surface area contributed by atoms with Crippen molar-refractivity contribution in [1.82, 2.24) is 15.8 Å². The van der Waals surface area contributed by atoms with Crippen LogP contribution < -0.4 is 21.2 Å². The lowest BCUT2D eigenvalue weighted by atomic mass is 9.82.